The van der Waals surface area contributed by atoms with E-state index in [0.717, 1.165) is 11.0 Å². The van der Waals surface area contributed by atoms with Crippen LogP contribution in [0.5, 0.6) is 0 Å². The van der Waals surface area contributed by atoms with Crippen molar-refractivity contribution >= 4 is 23.3 Å². The molecule has 0 bridgehead atoms. The van der Waals surface area contributed by atoms with Crippen molar-refractivity contribution in [2.24, 2.45) is 0 Å². The highest BCUT2D eigenvalue weighted by Crippen LogP contribution is 2.18. The molecule has 1 N–H and O–H groups in total. The fraction of sp³-hybridized carbons (Fsp3) is 0.182. The van der Waals surface area contributed by atoms with Crippen LogP contribution in [-0.2, 0) is 6.54 Å². The molecule has 0 saturated heterocycles. The zero-order valence-electron chi connectivity index (χ0n) is 9.17. The van der Waals surface area contributed by atoms with Gasteiger partial charge in [0.2, 0.25) is 6.39 Å². The minimum Gasteiger partial charge on any atom is -0.343 e. The minimum absolute atomic E-state index is 0.513. The highest BCUT2D eigenvalue weighted by Gasteiger charge is 2.08. The molecule has 0 aliphatic carbocycles. The van der Waals surface area contributed by atoms with E-state index in [-0.39, 0.29) is 0 Å². The van der Waals surface area contributed by atoms with Gasteiger partial charge in [-0.3, -0.25) is 0 Å². The molecule has 0 unspecified atom stereocenters. The Morgan fingerprint density at radius 1 is 1.47 bits per heavy atom. The largest absolute Gasteiger partial charge is 0.343 e. The summed E-state index contributed by atoms with van der Waals surface area (Å²) in [6, 6.07) is 6.08. The lowest BCUT2D eigenvalue weighted by Gasteiger charge is -2.00. The van der Waals surface area contributed by atoms with Gasteiger partial charge in [-0.05, 0) is 30.8 Å². The number of fused-ring (bicyclic) bond motifs is 1. The van der Waals surface area contributed by atoms with Crippen LogP contribution in [0.4, 0.5) is 0 Å². The Morgan fingerprint density at radius 2 is 2.35 bits per heavy atom. The fourth-order valence-electron chi connectivity index (χ4n) is 1.88. The van der Waals surface area contributed by atoms with E-state index < -0.39 is 0 Å². The molecular formula is C11H10N4OS. The molecule has 0 radical (unpaired) electrons. The quantitative estimate of drug-likeness (QED) is 0.705. The van der Waals surface area contributed by atoms with Gasteiger partial charge in [0, 0.05) is 0 Å². The van der Waals surface area contributed by atoms with Crippen molar-refractivity contribution < 1.29 is 4.52 Å². The number of aromatic amines is 1. The highest BCUT2D eigenvalue weighted by atomic mass is 32.1. The van der Waals surface area contributed by atoms with Gasteiger partial charge < -0.3 is 14.1 Å². The average molecular weight is 246 g/mol. The molecule has 0 aliphatic heterocycles. The predicted molar refractivity (Wildman–Crippen MR) is 65.3 cm³/mol. The molecule has 3 aromatic rings. The minimum atomic E-state index is 0.513. The molecule has 2 aromatic heterocycles. The third-order valence-electron chi connectivity index (χ3n) is 2.73. The van der Waals surface area contributed by atoms with Gasteiger partial charge in [0.15, 0.2) is 10.6 Å². The van der Waals surface area contributed by atoms with Gasteiger partial charge >= 0.3 is 0 Å². The number of nitrogens with zero attached hydrogens (tertiary/aromatic N) is 3. The molecule has 0 saturated carbocycles. The molecule has 0 amide bonds. The molecule has 1 aromatic carbocycles. The molecule has 0 aliphatic rings. The van der Waals surface area contributed by atoms with E-state index in [1.54, 1.807) is 0 Å². The number of aromatic nitrogens is 4. The van der Waals surface area contributed by atoms with E-state index in [9.17, 15) is 0 Å². The Kier molecular flexibility index (Phi) is 2.29. The number of para-hydroxylation sites is 1. The van der Waals surface area contributed by atoms with Crippen LogP contribution in [0.1, 0.15) is 11.4 Å². The monoisotopic (exact) mass is 246 g/mol. The lowest BCUT2D eigenvalue weighted by Crippen LogP contribution is -2.01. The van der Waals surface area contributed by atoms with E-state index in [1.165, 1.54) is 12.0 Å². The van der Waals surface area contributed by atoms with Crippen LogP contribution in [-0.4, -0.2) is 19.7 Å². The molecule has 3 rings (SSSR count). The van der Waals surface area contributed by atoms with Crippen molar-refractivity contribution in [1.29, 1.82) is 0 Å². The summed E-state index contributed by atoms with van der Waals surface area (Å²) >= 11 is 5.31. The second-order valence-electron chi connectivity index (χ2n) is 3.83. The number of nitrogens with one attached hydrogen (secondary N) is 1. The molecule has 0 atom stereocenters. The first-order valence-electron chi connectivity index (χ1n) is 5.19. The lowest BCUT2D eigenvalue weighted by atomic mass is 10.2. The normalized spacial score (nSPS) is 11.1. The summed E-state index contributed by atoms with van der Waals surface area (Å²) in [5.74, 6) is 0.614. The van der Waals surface area contributed by atoms with Gasteiger partial charge in [0.25, 0.3) is 0 Å². The number of benzene rings is 1. The maximum Gasteiger partial charge on any atom is 0.213 e. The second-order valence-corrected chi connectivity index (χ2v) is 4.22. The van der Waals surface area contributed by atoms with Crippen molar-refractivity contribution in [3.05, 3.63) is 40.8 Å². The zero-order valence-corrected chi connectivity index (χ0v) is 9.99. The number of H-pyrrole nitrogens is 1. The van der Waals surface area contributed by atoms with Crippen LogP contribution in [0.15, 0.2) is 29.1 Å². The number of aryl methyl sites for hydroxylation is 1. The summed E-state index contributed by atoms with van der Waals surface area (Å²) in [7, 11) is 0. The van der Waals surface area contributed by atoms with Crippen molar-refractivity contribution in [2.75, 3.05) is 0 Å². The van der Waals surface area contributed by atoms with Gasteiger partial charge in [-0.1, -0.05) is 17.3 Å². The average Bonchev–Trinajstić information content (AvgIpc) is 2.91. The van der Waals surface area contributed by atoms with Gasteiger partial charge in [0.1, 0.15) is 0 Å². The second kappa shape index (κ2) is 3.81. The standard InChI is InChI=1S/C11H10N4OS/c1-7-3-2-4-8-10(7)13-11(17)15(8)5-9-12-6-16-14-9/h2-4,6H,5H2,1H3,(H,13,17). The maximum atomic E-state index is 5.31. The van der Waals surface area contributed by atoms with Crippen molar-refractivity contribution in [2.45, 2.75) is 13.5 Å². The van der Waals surface area contributed by atoms with Crippen molar-refractivity contribution in [3.8, 4) is 0 Å². The number of imidazole rings is 1. The van der Waals surface area contributed by atoms with E-state index in [0.29, 0.717) is 17.1 Å². The molecular weight excluding hydrogens is 236 g/mol. The third-order valence-corrected chi connectivity index (χ3v) is 3.05. The Bertz CT molecular complexity index is 711. The molecule has 17 heavy (non-hydrogen) atoms. The van der Waals surface area contributed by atoms with Crippen LogP contribution in [0.3, 0.4) is 0 Å². The smallest absolute Gasteiger partial charge is 0.213 e. The van der Waals surface area contributed by atoms with Crippen LogP contribution in [0.25, 0.3) is 11.0 Å². The zero-order chi connectivity index (χ0) is 11.8. The summed E-state index contributed by atoms with van der Waals surface area (Å²) in [6.07, 6.45) is 1.32. The lowest BCUT2D eigenvalue weighted by molar-refractivity contribution is 0.408. The van der Waals surface area contributed by atoms with Gasteiger partial charge in [0.05, 0.1) is 17.6 Å². The van der Waals surface area contributed by atoms with E-state index in [1.807, 2.05) is 29.7 Å². The Morgan fingerprint density at radius 3 is 3.12 bits per heavy atom. The Balaban J connectivity index is 2.19. The molecule has 6 heteroatoms. The van der Waals surface area contributed by atoms with E-state index >= 15 is 0 Å². The summed E-state index contributed by atoms with van der Waals surface area (Å²) in [5, 5.41) is 3.79. The van der Waals surface area contributed by atoms with Gasteiger partial charge in [-0.15, -0.1) is 0 Å². The molecule has 0 spiro atoms. The third kappa shape index (κ3) is 1.66. The Labute approximate surface area is 102 Å². The number of hydrogen-bond acceptors (Lipinski definition) is 4. The first-order valence-corrected chi connectivity index (χ1v) is 5.60. The Hall–Kier alpha value is -1.95. The summed E-state index contributed by atoms with van der Waals surface area (Å²) in [6.45, 7) is 2.56. The van der Waals surface area contributed by atoms with E-state index in [4.69, 9.17) is 16.7 Å². The van der Waals surface area contributed by atoms with Crippen LogP contribution in [0.2, 0.25) is 0 Å². The van der Waals surface area contributed by atoms with Gasteiger partial charge in [-0.25, -0.2) is 0 Å². The topological polar surface area (TPSA) is 59.6 Å². The maximum absolute atomic E-state index is 5.31. The van der Waals surface area contributed by atoms with Crippen LogP contribution < -0.4 is 0 Å². The predicted octanol–water partition coefficient (Wildman–Crippen LogP) is 2.44. The molecule has 2 heterocycles. The molecule has 5 nitrogen and oxygen atoms in total. The first-order chi connectivity index (χ1) is 8.25. The molecule has 0 fully saturated rings. The highest BCUT2D eigenvalue weighted by molar-refractivity contribution is 7.71. The van der Waals surface area contributed by atoms with Gasteiger partial charge in [-0.2, -0.15) is 4.98 Å². The summed E-state index contributed by atoms with van der Waals surface area (Å²) < 4.78 is 7.35. The fourth-order valence-corrected chi connectivity index (χ4v) is 2.15. The number of rotatable bonds is 2. The van der Waals surface area contributed by atoms with Crippen molar-refractivity contribution in [1.82, 2.24) is 19.7 Å². The molecule has 86 valence electrons. The first kappa shape index (κ1) is 10.2. The van der Waals surface area contributed by atoms with Crippen molar-refractivity contribution in [3.63, 3.8) is 0 Å². The van der Waals surface area contributed by atoms with E-state index in [2.05, 4.69) is 15.1 Å². The van der Waals surface area contributed by atoms with Crippen LogP contribution >= 0.6 is 12.2 Å². The van der Waals surface area contributed by atoms with Crippen LogP contribution in [0, 0.1) is 11.7 Å². The SMILES string of the molecule is Cc1cccc2c1[nH]c(=S)n2Cc1ncon1. The number of hydrogen-bond donors (Lipinski definition) is 1. The summed E-state index contributed by atoms with van der Waals surface area (Å²) in [5.41, 5.74) is 3.28. The summed E-state index contributed by atoms with van der Waals surface area (Å²) in [4.78, 5) is 7.20.